The second-order valence-corrected chi connectivity index (χ2v) is 2.96. The van der Waals surface area contributed by atoms with Gasteiger partial charge in [-0.1, -0.05) is 0 Å². The minimum Gasteiger partial charge on any atom is -0.493 e. The zero-order valence-corrected chi connectivity index (χ0v) is 9.10. The van der Waals surface area contributed by atoms with Gasteiger partial charge in [-0.15, -0.1) is 0 Å². The monoisotopic (exact) mass is 234 g/mol. The van der Waals surface area contributed by atoms with Crippen LogP contribution in [0.15, 0.2) is 12.1 Å². The Morgan fingerprint density at radius 2 is 1.56 bits per heavy atom. The summed E-state index contributed by atoms with van der Waals surface area (Å²) in [5.74, 6) is -1.37. The summed E-state index contributed by atoms with van der Waals surface area (Å²) in [5.41, 5.74) is -0.743. The molecule has 0 spiro atoms. The lowest BCUT2D eigenvalue weighted by atomic mass is 10.2. The Balaban J connectivity index is 3.18. The fraction of sp³-hybridized carbons (Fsp3) is 0.455. The molecule has 16 heavy (non-hydrogen) atoms. The zero-order chi connectivity index (χ0) is 12.1. The predicted molar refractivity (Wildman–Crippen MR) is 53.7 cm³/mol. The van der Waals surface area contributed by atoms with Gasteiger partial charge in [0.15, 0.2) is 11.6 Å². The minimum absolute atomic E-state index is 0.140. The van der Waals surface area contributed by atoms with Crippen molar-refractivity contribution >= 4 is 0 Å². The van der Waals surface area contributed by atoms with E-state index in [2.05, 4.69) is 0 Å². The summed E-state index contributed by atoms with van der Waals surface area (Å²) < 4.78 is 48.8. The molecule has 0 radical (unpaired) electrons. The van der Waals surface area contributed by atoms with Crippen LogP contribution in [-0.2, 0) is 0 Å². The number of rotatable bonds is 5. The summed E-state index contributed by atoms with van der Waals surface area (Å²) in [6.07, 6.45) is -2.93. The van der Waals surface area contributed by atoms with Crippen molar-refractivity contribution in [2.75, 3.05) is 13.2 Å². The van der Waals surface area contributed by atoms with E-state index in [-0.39, 0.29) is 24.7 Å². The van der Waals surface area contributed by atoms with Gasteiger partial charge in [0.25, 0.3) is 6.43 Å². The van der Waals surface area contributed by atoms with Gasteiger partial charge in [-0.05, 0) is 26.0 Å². The molecule has 0 unspecified atom stereocenters. The van der Waals surface area contributed by atoms with Crippen molar-refractivity contribution < 1.29 is 22.6 Å². The van der Waals surface area contributed by atoms with Crippen LogP contribution in [-0.4, -0.2) is 13.2 Å². The second kappa shape index (κ2) is 5.63. The van der Waals surface area contributed by atoms with Crippen molar-refractivity contribution in [3.63, 3.8) is 0 Å². The van der Waals surface area contributed by atoms with Gasteiger partial charge in [-0.25, -0.2) is 13.2 Å². The van der Waals surface area contributed by atoms with E-state index in [0.717, 1.165) is 0 Å². The van der Waals surface area contributed by atoms with Gasteiger partial charge < -0.3 is 9.47 Å². The third-order valence-corrected chi connectivity index (χ3v) is 1.92. The van der Waals surface area contributed by atoms with E-state index in [1.807, 2.05) is 0 Å². The molecule has 0 heterocycles. The zero-order valence-electron chi connectivity index (χ0n) is 9.10. The lowest BCUT2D eigenvalue weighted by Crippen LogP contribution is -2.03. The van der Waals surface area contributed by atoms with Gasteiger partial charge >= 0.3 is 0 Å². The molecule has 1 rings (SSSR count). The topological polar surface area (TPSA) is 18.5 Å². The van der Waals surface area contributed by atoms with Crippen LogP contribution in [0.5, 0.6) is 11.5 Å². The molecule has 0 aliphatic rings. The molecule has 0 fully saturated rings. The van der Waals surface area contributed by atoms with Crippen LogP contribution >= 0.6 is 0 Å². The van der Waals surface area contributed by atoms with Crippen LogP contribution in [0.3, 0.4) is 0 Å². The van der Waals surface area contributed by atoms with Gasteiger partial charge in [0.2, 0.25) is 0 Å². The van der Waals surface area contributed by atoms with Gasteiger partial charge in [-0.3, -0.25) is 0 Å². The van der Waals surface area contributed by atoms with E-state index in [1.165, 1.54) is 12.1 Å². The highest BCUT2D eigenvalue weighted by Gasteiger charge is 2.23. The van der Waals surface area contributed by atoms with E-state index in [1.54, 1.807) is 13.8 Å². The Bertz CT molecular complexity index is 353. The lowest BCUT2D eigenvalue weighted by molar-refractivity contribution is 0.138. The van der Waals surface area contributed by atoms with Crippen LogP contribution in [0.25, 0.3) is 0 Å². The summed E-state index contributed by atoms with van der Waals surface area (Å²) in [4.78, 5) is 0. The van der Waals surface area contributed by atoms with E-state index in [0.29, 0.717) is 0 Å². The van der Waals surface area contributed by atoms with Gasteiger partial charge in [0.1, 0.15) is 5.75 Å². The van der Waals surface area contributed by atoms with Crippen LogP contribution < -0.4 is 9.47 Å². The molecule has 0 aliphatic heterocycles. The Morgan fingerprint density at radius 1 is 1.06 bits per heavy atom. The van der Waals surface area contributed by atoms with Crippen LogP contribution in [0, 0.1) is 5.82 Å². The normalized spacial score (nSPS) is 10.6. The van der Waals surface area contributed by atoms with E-state index in [4.69, 9.17) is 9.47 Å². The van der Waals surface area contributed by atoms with E-state index >= 15 is 0 Å². The van der Waals surface area contributed by atoms with Crippen LogP contribution in [0.2, 0.25) is 0 Å². The first-order chi connectivity index (χ1) is 7.61. The standard InChI is InChI=1S/C11H13F3O2/c1-3-15-7-5-6-8(16-4-2)10(12)9(7)11(13)14/h5-6,11H,3-4H2,1-2H3. The van der Waals surface area contributed by atoms with Crippen molar-refractivity contribution in [2.45, 2.75) is 20.3 Å². The molecule has 0 bridgehead atoms. The van der Waals surface area contributed by atoms with Crippen molar-refractivity contribution in [3.05, 3.63) is 23.5 Å². The highest BCUT2D eigenvalue weighted by atomic mass is 19.3. The number of alkyl halides is 2. The number of hydrogen-bond acceptors (Lipinski definition) is 2. The van der Waals surface area contributed by atoms with Crippen LogP contribution in [0.1, 0.15) is 25.8 Å². The summed E-state index contributed by atoms with van der Waals surface area (Å²) in [6.45, 7) is 3.71. The number of hydrogen-bond donors (Lipinski definition) is 0. The fourth-order valence-corrected chi connectivity index (χ4v) is 1.31. The molecule has 1 aromatic rings. The quantitative estimate of drug-likeness (QED) is 0.775. The molecule has 90 valence electrons. The average molecular weight is 234 g/mol. The predicted octanol–water partition coefficient (Wildman–Crippen LogP) is 3.56. The second-order valence-electron chi connectivity index (χ2n) is 2.96. The van der Waals surface area contributed by atoms with Crippen molar-refractivity contribution in [2.24, 2.45) is 0 Å². The maximum absolute atomic E-state index is 13.6. The molecule has 0 aromatic heterocycles. The number of benzene rings is 1. The van der Waals surface area contributed by atoms with Crippen molar-refractivity contribution in [3.8, 4) is 11.5 Å². The first kappa shape index (κ1) is 12.7. The maximum Gasteiger partial charge on any atom is 0.270 e. The molecule has 0 saturated carbocycles. The molecule has 0 amide bonds. The average Bonchev–Trinajstić information content (AvgIpc) is 2.22. The number of halogens is 3. The molecule has 0 atom stereocenters. The van der Waals surface area contributed by atoms with Gasteiger partial charge in [-0.2, -0.15) is 0 Å². The molecule has 5 heteroatoms. The van der Waals surface area contributed by atoms with Gasteiger partial charge in [0.05, 0.1) is 18.8 Å². The maximum atomic E-state index is 13.6. The summed E-state index contributed by atoms with van der Waals surface area (Å²) in [7, 11) is 0. The highest BCUT2D eigenvalue weighted by molar-refractivity contribution is 5.42. The Hall–Kier alpha value is -1.39. The lowest BCUT2D eigenvalue weighted by Gasteiger charge is -2.13. The molecule has 1 aromatic carbocycles. The third kappa shape index (κ3) is 2.59. The van der Waals surface area contributed by atoms with E-state index < -0.39 is 17.8 Å². The largest absolute Gasteiger partial charge is 0.493 e. The van der Waals surface area contributed by atoms with Crippen molar-refractivity contribution in [1.82, 2.24) is 0 Å². The van der Waals surface area contributed by atoms with Crippen molar-refractivity contribution in [1.29, 1.82) is 0 Å². The molecule has 0 saturated heterocycles. The Labute approximate surface area is 92.0 Å². The molecular formula is C11H13F3O2. The molecule has 0 N–H and O–H groups in total. The smallest absolute Gasteiger partial charge is 0.270 e. The summed E-state index contributed by atoms with van der Waals surface area (Å²) >= 11 is 0. The third-order valence-electron chi connectivity index (χ3n) is 1.92. The Morgan fingerprint density at radius 3 is 2.06 bits per heavy atom. The first-order valence-electron chi connectivity index (χ1n) is 4.97. The summed E-state index contributed by atoms with van der Waals surface area (Å²) in [5, 5.41) is 0. The first-order valence-corrected chi connectivity index (χ1v) is 4.97. The number of ether oxygens (including phenoxy) is 2. The van der Waals surface area contributed by atoms with Gasteiger partial charge in [0, 0.05) is 0 Å². The molecule has 0 aliphatic carbocycles. The minimum atomic E-state index is -2.93. The van der Waals surface area contributed by atoms with Crippen LogP contribution in [0.4, 0.5) is 13.2 Å². The highest BCUT2D eigenvalue weighted by Crippen LogP contribution is 2.36. The fourth-order valence-electron chi connectivity index (χ4n) is 1.31. The molecule has 2 nitrogen and oxygen atoms in total. The van der Waals surface area contributed by atoms with E-state index in [9.17, 15) is 13.2 Å². The molecular weight excluding hydrogens is 221 g/mol. The Kier molecular flexibility index (Phi) is 4.46. The SMILES string of the molecule is CCOc1ccc(OCC)c(C(F)F)c1F. The summed E-state index contributed by atoms with van der Waals surface area (Å²) in [6, 6.07) is 2.58.